The maximum absolute atomic E-state index is 12.5. The molecule has 0 radical (unpaired) electrons. The largest absolute Gasteiger partial charge is 0.394 e. The zero-order chi connectivity index (χ0) is 14.2. The molecule has 3 N–H and O–H groups in total. The second kappa shape index (κ2) is 5.66. The Bertz CT molecular complexity index is 575. The zero-order valence-electron chi connectivity index (χ0n) is 9.32. The van der Waals surface area contributed by atoms with Crippen LogP contribution in [0.3, 0.4) is 0 Å². The van der Waals surface area contributed by atoms with E-state index in [1.807, 2.05) is 4.98 Å². The van der Waals surface area contributed by atoms with E-state index in [4.69, 9.17) is 9.84 Å². The van der Waals surface area contributed by atoms with E-state index in [0.29, 0.717) is 0 Å². The molecule has 0 bridgehead atoms. The maximum Gasteiger partial charge on any atom is 0.330 e. The number of nitrogens with one attached hydrogen (secondary N) is 1. The summed E-state index contributed by atoms with van der Waals surface area (Å²) in [6.07, 6.45) is -4.12. The summed E-state index contributed by atoms with van der Waals surface area (Å²) < 4.78 is 18.7. The average molecular weight is 388 g/mol. The summed E-state index contributed by atoms with van der Waals surface area (Å²) in [5, 5.41) is 18.6. The lowest BCUT2D eigenvalue weighted by Crippen LogP contribution is -2.39. The van der Waals surface area contributed by atoms with Gasteiger partial charge in [0, 0.05) is 6.20 Å². The molecule has 1 aliphatic heterocycles. The average Bonchev–Trinajstić information content (AvgIpc) is 2.70. The van der Waals surface area contributed by atoms with E-state index >= 15 is 0 Å². The molecule has 1 aliphatic rings. The second-order valence-corrected chi connectivity index (χ2v) is 5.10. The van der Waals surface area contributed by atoms with E-state index in [-0.39, 0.29) is 3.57 Å². The van der Waals surface area contributed by atoms with Crippen molar-refractivity contribution in [3.63, 3.8) is 0 Å². The van der Waals surface area contributed by atoms with Crippen molar-refractivity contribution in [3.8, 4) is 0 Å². The molecule has 1 fully saturated rings. The fraction of sp³-hybridized carbons (Fsp3) is 0.556. The fourth-order valence-corrected chi connectivity index (χ4v) is 2.27. The molecular formula is C9H10FIN2O6. The number of hydrogen-bond donors (Lipinski definition) is 3. The monoisotopic (exact) mass is 388 g/mol. The van der Waals surface area contributed by atoms with Crippen molar-refractivity contribution in [3.05, 3.63) is 30.6 Å². The van der Waals surface area contributed by atoms with Crippen LogP contribution in [-0.4, -0.2) is 44.7 Å². The van der Waals surface area contributed by atoms with Gasteiger partial charge in [-0.25, -0.2) is 4.79 Å². The van der Waals surface area contributed by atoms with Crippen LogP contribution < -0.4 is 11.2 Å². The van der Waals surface area contributed by atoms with Gasteiger partial charge in [-0.05, 0) is 27.1 Å². The summed E-state index contributed by atoms with van der Waals surface area (Å²) in [5.41, 5.74) is -1.42. The Morgan fingerprint density at radius 2 is 2.26 bits per heavy atom. The number of H-pyrrole nitrogens is 1. The highest BCUT2D eigenvalue weighted by molar-refractivity contribution is 14.1. The lowest BCUT2D eigenvalue weighted by molar-refractivity contribution is -0.221. The van der Waals surface area contributed by atoms with Crippen LogP contribution in [0.4, 0.5) is 4.53 Å². The van der Waals surface area contributed by atoms with Gasteiger partial charge in [0.1, 0.15) is 12.2 Å². The third-order valence-electron chi connectivity index (χ3n) is 2.79. The van der Waals surface area contributed by atoms with Crippen LogP contribution in [0.1, 0.15) is 6.23 Å². The van der Waals surface area contributed by atoms with Crippen molar-refractivity contribution >= 4 is 22.6 Å². The molecule has 0 saturated carbocycles. The van der Waals surface area contributed by atoms with Crippen LogP contribution in [-0.2, 0) is 9.68 Å². The van der Waals surface area contributed by atoms with Gasteiger partial charge in [-0.2, -0.15) is 4.94 Å². The van der Waals surface area contributed by atoms with E-state index in [1.165, 1.54) is 0 Å². The minimum Gasteiger partial charge on any atom is -0.394 e. The molecule has 2 heterocycles. The number of halogens is 2. The molecule has 1 aromatic heterocycles. The molecule has 0 aromatic carbocycles. The lowest BCUT2D eigenvalue weighted by atomic mass is 10.1. The molecule has 0 spiro atoms. The normalized spacial score (nSPS) is 30.7. The van der Waals surface area contributed by atoms with Gasteiger partial charge in [0.15, 0.2) is 12.3 Å². The molecule has 2 rings (SSSR count). The van der Waals surface area contributed by atoms with E-state index in [2.05, 4.69) is 4.94 Å². The Hall–Kier alpha value is -0.820. The van der Waals surface area contributed by atoms with Gasteiger partial charge in [-0.3, -0.25) is 14.3 Å². The van der Waals surface area contributed by atoms with Gasteiger partial charge in [-0.15, -0.1) is 0 Å². The fourth-order valence-electron chi connectivity index (χ4n) is 1.84. The quantitative estimate of drug-likeness (QED) is 0.553. The zero-order valence-corrected chi connectivity index (χ0v) is 11.5. The van der Waals surface area contributed by atoms with Gasteiger partial charge in [0.2, 0.25) is 0 Å². The van der Waals surface area contributed by atoms with Crippen LogP contribution in [0.15, 0.2) is 15.8 Å². The Kier molecular flexibility index (Phi) is 4.35. The van der Waals surface area contributed by atoms with Crippen molar-refractivity contribution in [1.82, 2.24) is 9.55 Å². The number of ether oxygens (including phenoxy) is 1. The SMILES string of the molecule is O=c1[nH]c(=O)n([C@@H]2O[C@H](CO)[C@H](O)[C@H]2OF)cc1I. The third kappa shape index (κ3) is 2.58. The third-order valence-corrected chi connectivity index (χ3v) is 3.56. The van der Waals surface area contributed by atoms with Gasteiger partial charge in [-0.1, -0.05) is 0 Å². The van der Waals surface area contributed by atoms with Gasteiger partial charge in [0.05, 0.1) is 10.2 Å². The molecule has 0 unspecified atom stereocenters. The molecule has 4 atom stereocenters. The molecule has 10 heteroatoms. The molecule has 19 heavy (non-hydrogen) atoms. The number of hydrogen-bond acceptors (Lipinski definition) is 6. The van der Waals surface area contributed by atoms with E-state index in [1.54, 1.807) is 22.6 Å². The first kappa shape index (κ1) is 14.6. The van der Waals surface area contributed by atoms with Gasteiger partial charge in [0.25, 0.3) is 5.56 Å². The minimum absolute atomic E-state index is 0.181. The Labute approximate surface area is 118 Å². The highest BCUT2D eigenvalue weighted by atomic mass is 127. The molecule has 0 aliphatic carbocycles. The molecule has 0 amide bonds. The van der Waals surface area contributed by atoms with Crippen LogP contribution >= 0.6 is 22.6 Å². The number of aliphatic hydroxyl groups is 2. The van der Waals surface area contributed by atoms with Crippen molar-refractivity contribution < 1.29 is 24.4 Å². The van der Waals surface area contributed by atoms with E-state index in [9.17, 15) is 19.2 Å². The van der Waals surface area contributed by atoms with Crippen molar-refractivity contribution in [1.29, 1.82) is 0 Å². The first-order chi connectivity index (χ1) is 8.99. The minimum atomic E-state index is -1.48. The lowest BCUT2D eigenvalue weighted by Gasteiger charge is -2.17. The van der Waals surface area contributed by atoms with Gasteiger partial charge < -0.3 is 14.9 Å². The maximum atomic E-state index is 12.5. The number of rotatable bonds is 3. The molecular weight excluding hydrogens is 378 g/mol. The highest BCUT2D eigenvalue weighted by Gasteiger charge is 2.46. The predicted molar refractivity (Wildman–Crippen MR) is 67.0 cm³/mol. The predicted octanol–water partition coefficient (Wildman–Crippen LogP) is -1.34. The number of aliphatic hydroxyl groups excluding tert-OH is 2. The first-order valence-electron chi connectivity index (χ1n) is 5.22. The second-order valence-electron chi connectivity index (χ2n) is 3.94. The Morgan fingerprint density at radius 1 is 1.58 bits per heavy atom. The topological polar surface area (TPSA) is 114 Å². The summed E-state index contributed by atoms with van der Waals surface area (Å²) in [5.74, 6) is 0. The smallest absolute Gasteiger partial charge is 0.330 e. The van der Waals surface area contributed by atoms with Crippen LogP contribution in [0.5, 0.6) is 0 Å². The van der Waals surface area contributed by atoms with Crippen LogP contribution in [0.2, 0.25) is 0 Å². The van der Waals surface area contributed by atoms with Crippen molar-refractivity contribution in [2.24, 2.45) is 0 Å². The van der Waals surface area contributed by atoms with Crippen LogP contribution in [0, 0.1) is 3.57 Å². The molecule has 1 saturated heterocycles. The summed E-state index contributed by atoms with van der Waals surface area (Å²) in [6, 6.07) is 0. The number of aromatic amines is 1. The molecule has 1 aromatic rings. The molecule has 106 valence electrons. The Balaban J connectivity index is 2.44. The Morgan fingerprint density at radius 3 is 2.84 bits per heavy atom. The van der Waals surface area contributed by atoms with E-state index in [0.717, 1.165) is 10.8 Å². The summed E-state index contributed by atoms with van der Waals surface area (Å²) in [7, 11) is 0. The highest BCUT2D eigenvalue weighted by Crippen LogP contribution is 2.30. The summed E-state index contributed by atoms with van der Waals surface area (Å²) >= 11 is 1.69. The van der Waals surface area contributed by atoms with Crippen LogP contribution in [0.25, 0.3) is 0 Å². The van der Waals surface area contributed by atoms with E-state index < -0.39 is 42.4 Å². The number of nitrogens with zero attached hydrogens (tertiary/aromatic N) is 1. The van der Waals surface area contributed by atoms with Crippen molar-refractivity contribution in [2.75, 3.05) is 6.61 Å². The van der Waals surface area contributed by atoms with Crippen molar-refractivity contribution in [2.45, 2.75) is 24.5 Å². The summed E-state index contributed by atoms with van der Waals surface area (Å²) in [4.78, 5) is 28.5. The summed E-state index contributed by atoms with van der Waals surface area (Å²) in [6.45, 7) is -0.563. The molecule has 8 nitrogen and oxygen atoms in total. The number of aromatic nitrogens is 2. The standard InChI is InChI=1S/C9H10FIN2O6/c10-19-6-5(15)4(2-14)18-8(6)13-1-3(11)7(16)12-9(13)17/h1,4-6,8,14-15H,2H2,(H,12,16,17)/t4-,5+,6-,8-/m1/s1. The van der Waals surface area contributed by atoms with Gasteiger partial charge >= 0.3 is 5.69 Å². The first-order valence-corrected chi connectivity index (χ1v) is 6.30.